The van der Waals surface area contributed by atoms with E-state index >= 15 is 0 Å². The molecule has 0 saturated heterocycles. The monoisotopic (exact) mass is 386 g/mol. The normalized spacial score (nSPS) is 14.0. The van der Waals surface area contributed by atoms with Crippen molar-refractivity contribution in [3.05, 3.63) is 86.8 Å². The first-order chi connectivity index (χ1) is 13.8. The number of aromatic nitrogens is 2. The van der Waals surface area contributed by atoms with Crippen LogP contribution in [0, 0.1) is 0 Å². The fourth-order valence-corrected chi connectivity index (χ4v) is 5.39. The lowest BCUT2D eigenvalue weighted by Gasteiger charge is -2.05. The number of benzene rings is 2. The molecule has 1 aliphatic rings. The zero-order valence-corrected chi connectivity index (χ0v) is 16.5. The second kappa shape index (κ2) is 7.36. The molecule has 4 heteroatoms. The first-order valence-electron chi connectivity index (χ1n) is 9.96. The molecule has 0 fully saturated rings. The van der Waals surface area contributed by atoms with Crippen LogP contribution in [0.2, 0.25) is 0 Å². The lowest BCUT2D eigenvalue weighted by Crippen LogP contribution is -2.12. The molecule has 140 valence electrons. The van der Waals surface area contributed by atoms with Crippen molar-refractivity contribution in [1.82, 2.24) is 9.97 Å². The van der Waals surface area contributed by atoms with Crippen LogP contribution >= 0.6 is 11.3 Å². The van der Waals surface area contributed by atoms with Crippen LogP contribution in [0.4, 0.5) is 0 Å². The summed E-state index contributed by atoms with van der Waals surface area (Å²) in [5.41, 5.74) is 4.84. The summed E-state index contributed by atoms with van der Waals surface area (Å²) in [7, 11) is 0. The van der Waals surface area contributed by atoms with Crippen LogP contribution in [0.1, 0.15) is 41.1 Å². The molecule has 0 saturated carbocycles. The highest BCUT2D eigenvalue weighted by Crippen LogP contribution is 2.33. The number of aryl methyl sites for hydroxylation is 2. The summed E-state index contributed by atoms with van der Waals surface area (Å²) in [5.74, 6) is 0.751. The predicted octanol–water partition coefficient (Wildman–Crippen LogP) is 5.51. The zero-order valence-electron chi connectivity index (χ0n) is 15.7. The standard InChI is InChI=1S/C24H22N2OS/c27-23-22-19-9-5-2-6-10-20(19)28-24(22)26-21(25-23)15-16-11-13-18(14-12-16)17-7-3-1-4-8-17/h1,3-4,7-8,11-14H,2,5-6,9-10,15H2,(H,25,26,27). The molecule has 2 aromatic carbocycles. The minimum absolute atomic E-state index is 0.0281. The van der Waals surface area contributed by atoms with E-state index in [9.17, 15) is 4.79 Å². The van der Waals surface area contributed by atoms with Gasteiger partial charge in [0.2, 0.25) is 0 Å². The van der Waals surface area contributed by atoms with E-state index in [-0.39, 0.29) is 5.56 Å². The van der Waals surface area contributed by atoms with Gasteiger partial charge >= 0.3 is 0 Å². The molecule has 0 atom stereocenters. The van der Waals surface area contributed by atoms with Gasteiger partial charge in [0, 0.05) is 11.3 Å². The van der Waals surface area contributed by atoms with Crippen LogP contribution in [-0.2, 0) is 19.3 Å². The molecule has 0 spiro atoms. The molecule has 0 amide bonds. The van der Waals surface area contributed by atoms with E-state index in [0.717, 1.165) is 34.4 Å². The number of rotatable bonds is 3. The summed E-state index contributed by atoms with van der Waals surface area (Å²) < 4.78 is 0. The van der Waals surface area contributed by atoms with E-state index in [4.69, 9.17) is 4.98 Å². The third-order valence-electron chi connectivity index (χ3n) is 5.56. The summed E-state index contributed by atoms with van der Waals surface area (Å²) in [5, 5.41) is 0.838. The maximum Gasteiger partial charge on any atom is 0.259 e. The van der Waals surface area contributed by atoms with Crippen LogP contribution in [-0.4, -0.2) is 9.97 Å². The third-order valence-corrected chi connectivity index (χ3v) is 6.74. The second-order valence-electron chi connectivity index (χ2n) is 7.50. The molecule has 0 radical (unpaired) electrons. The Morgan fingerprint density at radius 2 is 1.64 bits per heavy atom. The predicted molar refractivity (Wildman–Crippen MR) is 116 cm³/mol. The highest BCUT2D eigenvalue weighted by Gasteiger charge is 2.18. The van der Waals surface area contributed by atoms with Gasteiger partial charge in [-0.3, -0.25) is 4.79 Å². The minimum atomic E-state index is 0.0281. The smallest absolute Gasteiger partial charge is 0.259 e. The maximum atomic E-state index is 12.8. The van der Waals surface area contributed by atoms with E-state index in [2.05, 4.69) is 53.5 Å². The van der Waals surface area contributed by atoms with Crippen LogP contribution in [0.5, 0.6) is 0 Å². The van der Waals surface area contributed by atoms with Crippen molar-refractivity contribution in [3.8, 4) is 11.1 Å². The molecular weight excluding hydrogens is 364 g/mol. The number of aromatic amines is 1. The quantitative estimate of drug-likeness (QED) is 0.472. The van der Waals surface area contributed by atoms with Crippen molar-refractivity contribution in [3.63, 3.8) is 0 Å². The lowest BCUT2D eigenvalue weighted by atomic mass is 10.0. The number of fused-ring (bicyclic) bond motifs is 3. The summed E-state index contributed by atoms with van der Waals surface area (Å²) in [6.07, 6.45) is 6.40. The van der Waals surface area contributed by atoms with Crippen molar-refractivity contribution < 1.29 is 0 Å². The summed E-state index contributed by atoms with van der Waals surface area (Å²) in [4.78, 5) is 22.9. The molecule has 0 aliphatic heterocycles. The Morgan fingerprint density at radius 3 is 2.46 bits per heavy atom. The Labute approximate surface area is 168 Å². The molecule has 1 N–H and O–H groups in total. The van der Waals surface area contributed by atoms with Crippen LogP contribution in [0.3, 0.4) is 0 Å². The molecule has 1 aliphatic carbocycles. The summed E-state index contributed by atoms with van der Waals surface area (Å²) in [6.45, 7) is 0. The first-order valence-corrected chi connectivity index (χ1v) is 10.8. The lowest BCUT2D eigenvalue weighted by molar-refractivity contribution is 0.713. The number of hydrogen-bond acceptors (Lipinski definition) is 3. The Morgan fingerprint density at radius 1 is 0.893 bits per heavy atom. The van der Waals surface area contributed by atoms with Gasteiger partial charge in [-0.05, 0) is 47.9 Å². The van der Waals surface area contributed by atoms with Crippen LogP contribution in [0.15, 0.2) is 59.4 Å². The van der Waals surface area contributed by atoms with Crippen molar-refractivity contribution in [2.75, 3.05) is 0 Å². The van der Waals surface area contributed by atoms with Gasteiger partial charge in [-0.1, -0.05) is 61.0 Å². The largest absolute Gasteiger partial charge is 0.310 e. The summed E-state index contributed by atoms with van der Waals surface area (Å²) >= 11 is 1.72. The van der Waals surface area contributed by atoms with Gasteiger partial charge in [0.05, 0.1) is 5.39 Å². The average Bonchev–Trinajstić information content (AvgIpc) is 2.91. The fourth-order valence-electron chi connectivity index (χ4n) is 4.11. The topological polar surface area (TPSA) is 45.8 Å². The molecule has 3 nitrogen and oxygen atoms in total. The van der Waals surface area contributed by atoms with Gasteiger partial charge in [0.25, 0.3) is 5.56 Å². The Bertz CT molecular complexity index is 1170. The van der Waals surface area contributed by atoms with Crippen molar-refractivity contribution in [1.29, 1.82) is 0 Å². The maximum absolute atomic E-state index is 12.8. The van der Waals surface area contributed by atoms with Crippen LogP contribution < -0.4 is 5.56 Å². The second-order valence-corrected chi connectivity index (χ2v) is 8.58. The number of hydrogen-bond donors (Lipinski definition) is 1. The molecule has 4 aromatic rings. The number of nitrogens with zero attached hydrogens (tertiary/aromatic N) is 1. The van der Waals surface area contributed by atoms with Gasteiger partial charge in [0.1, 0.15) is 10.7 Å². The van der Waals surface area contributed by atoms with E-state index in [0.29, 0.717) is 6.42 Å². The highest BCUT2D eigenvalue weighted by atomic mass is 32.1. The molecule has 0 unspecified atom stereocenters. The average molecular weight is 387 g/mol. The van der Waals surface area contributed by atoms with Gasteiger partial charge in [-0.15, -0.1) is 11.3 Å². The Kier molecular flexibility index (Phi) is 4.57. The van der Waals surface area contributed by atoms with E-state index in [1.165, 1.54) is 40.8 Å². The highest BCUT2D eigenvalue weighted by molar-refractivity contribution is 7.18. The van der Waals surface area contributed by atoms with E-state index in [1.807, 2.05) is 6.07 Å². The molecule has 2 aromatic heterocycles. The molecule has 28 heavy (non-hydrogen) atoms. The van der Waals surface area contributed by atoms with Gasteiger partial charge in [0.15, 0.2) is 0 Å². The Hall–Kier alpha value is -2.72. The van der Waals surface area contributed by atoms with Gasteiger partial charge < -0.3 is 4.98 Å². The van der Waals surface area contributed by atoms with Crippen molar-refractivity contribution in [2.24, 2.45) is 0 Å². The van der Waals surface area contributed by atoms with Crippen molar-refractivity contribution in [2.45, 2.75) is 38.5 Å². The number of thiophene rings is 1. The zero-order chi connectivity index (χ0) is 18.9. The molecule has 5 rings (SSSR count). The number of H-pyrrole nitrogens is 1. The summed E-state index contributed by atoms with van der Waals surface area (Å²) in [6, 6.07) is 18.9. The fraction of sp³-hybridized carbons (Fsp3) is 0.250. The van der Waals surface area contributed by atoms with Gasteiger partial charge in [-0.25, -0.2) is 4.98 Å². The molecule has 2 heterocycles. The first kappa shape index (κ1) is 17.4. The van der Waals surface area contributed by atoms with Crippen LogP contribution in [0.25, 0.3) is 21.3 Å². The number of nitrogens with one attached hydrogen (secondary N) is 1. The SMILES string of the molecule is O=c1[nH]c(Cc2ccc(-c3ccccc3)cc2)nc2sc3c(c12)CCCCC3. The minimum Gasteiger partial charge on any atom is -0.310 e. The van der Waals surface area contributed by atoms with E-state index in [1.54, 1.807) is 11.3 Å². The van der Waals surface area contributed by atoms with Crippen molar-refractivity contribution >= 4 is 21.6 Å². The van der Waals surface area contributed by atoms with E-state index < -0.39 is 0 Å². The molecule has 0 bridgehead atoms. The van der Waals surface area contributed by atoms with Gasteiger partial charge in [-0.2, -0.15) is 0 Å². The third kappa shape index (κ3) is 3.29. The molecular formula is C24H22N2OS. The Balaban J connectivity index is 1.45.